The third kappa shape index (κ3) is 4.39. The molecular weight excluding hydrogens is 360 g/mol. The fraction of sp³-hybridized carbons (Fsp3) is 0.429. The third-order valence-corrected chi connectivity index (χ3v) is 6.13. The number of hydrogen-bond donors (Lipinski definition) is 1. The van der Waals surface area contributed by atoms with Crippen molar-refractivity contribution in [2.24, 2.45) is 5.41 Å². The van der Waals surface area contributed by atoms with Crippen LogP contribution in [0.5, 0.6) is 0 Å². The maximum atomic E-state index is 12.8. The number of likely N-dealkylation sites (tertiary alicyclic amines) is 1. The summed E-state index contributed by atoms with van der Waals surface area (Å²) in [5, 5.41) is 4.88. The van der Waals surface area contributed by atoms with Gasteiger partial charge in [0.2, 0.25) is 11.8 Å². The van der Waals surface area contributed by atoms with Crippen molar-refractivity contribution in [3.63, 3.8) is 0 Å². The summed E-state index contributed by atoms with van der Waals surface area (Å²) in [5.41, 5.74) is 1.70. The Hall–Kier alpha value is -2.18. The molecule has 0 bridgehead atoms. The molecule has 1 fully saturated rings. The number of nitrogens with one attached hydrogen (secondary N) is 1. The molecule has 1 aromatic heterocycles. The SMILES string of the molecule is CNC(=O)[C@]1(Cc2ccc(-c3cccs3)cc2)CCCN(C(=O)COC)C1. The molecule has 1 saturated heterocycles. The van der Waals surface area contributed by atoms with E-state index in [9.17, 15) is 9.59 Å². The number of ether oxygens (including phenoxy) is 1. The second kappa shape index (κ2) is 8.67. The Balaban J connectivity index is 1.80. The molecule has 0 spiro atoms. The van der Waals surface area contributed by atoms with Gasteiger partial charge in [-0.15, -0.1) is 11.3 Å². The first-order valence-electron chi connectivity index (χ1n) is 9.20. The van der Waals surface area contributed by atoms with E-state index in [1.807, 2.05) is 6.07 Å². The number of nitrogens with zero attached hydrogens (tertiary/aromatic N) is 1. The number of amides is 2. The van der Waals surface area contributed by atoms with E-state index < -0.39 is 5.41 Å². The van der Waals surface area contributed by atoms with E-state index in [0.29, 0.717) is 19.5 Å². The number of methoxy groups -OCH3 is 1. The Morgan fingerprint density at radius 1 is 1.26 bits per heavy atom. The van der Waals surface area contributed by atoms with Crippen LogP contribution >= 0.6 is 11.3 Å². The van der Waals surface area contributed by atoms with Crippen LogP contribution < -0.4 is 5.32 Å². The minimum Gasteiger partial charge on any atom is -0.375 e. The van der Waals surface area contributed by atoms with E-state index in [2.05, 4.69) is 41.0 Å². The molecule has 1 aromatic carbocycles. The summed E-state index contributed by atoms with van der Waals surface area (Å²) in [4.78, 5) is 28.1. The van der Waals surface area contributed by atoms with Crippen molar-refractivity contribution in [3.8, 4) is 10.4 Å². The molecule has 2 heterocycles. The molecule has 144 valence electrons. The molecular formula is C21H26N2O3S. The summed E-state index contributed by atoms with van der Waals surface area (Å²) in [6.07, 6.45) is 2.21. The van der Waals surface area contributed by atoms with Gasteiger partial charge in [0.25, 0.3) is 0 Å². The Labute approximate surface area is 164 Å². The largest absolute Gasteiger partial charge is 0.375 e. The number of carbonyl (C=O) groups is 2. The zero-order valence-electron chi connectivity index (χ0n) is 15.9. The van der Waals surface area contributed by atoms with Crippen molar-refractivity contribution in [2.75, 3.05) is 33.9 Å². The molecule has 1 N–H and O–H groups in total. The van der Waals surface area contributed by atoms with Crippen LogP contribution in [-0.4, -0.2) is 50.6 Å². The highest BCUT2D eigenvalue weighted by Crippen LogP contribution is 2.35. The number of piperidine rings is 1. The van der Waals surface area contributed by atoms with E-state index in [-0.39, 0.29) is 18.4 Å². The lowest BCUT2D eigenvalue weighted by Crippen LogP contribution is -2.54. The fourth-order valence-corrected chi connectivity index (χ4v) is 4.59. The van der Waals surface area contributed by atoms with Crippen LogP contribution in [0.3, 0.4) is 0 Å². The second-order valence-corrected chi connectivity index (χ2v) is 8.01. The summed E-state index contributed by atoms with van der Waals surface area (Å²) < 4.78 is 4.99. The van der Waals surface area contributed by atoms with Crippen molar-refractivity contribution >= 4 is 23.2 Å². The molecule has 0 aliphatic carbocycles. The van der Waals surface area contributed by atoms with Crippen LogP contribution in [0.15, 0.2) is 41.8 Å². The normalized spacial score (nSPS) is 19.7. The minimum absolute atomic E-state index is 0.000231. The minimum atomic E-state index is -0.596. The molecule has 2 amide bonds. The van der Waals surface area contributed by atoms with Gasteiger partial charge in [-0.3, -0.25) is 9.59 Å². The summed E-state index contributed by atoms with van der Waals surface area (Å²) in [6.45, 7) is 1.17. The van der Waals surface area contributed by atoms with Gasteiger partial charge in [-0.2, -0.15) is 0 Å². The first-order chi connectivity index (χ1) is 13.1. The van der Waals surface area contributed by atoms with Crippen LogP contribution in [0.1, 0.15) is 18.4 Å². The van der Waals surface area contributed by atoms with Gasteiger partial charge in [-0.25, -0.2) is 0 Å². The van der Waals surface area contributed by atoms with Gasteiger partial charge >= 0.3 is 0 Å². The zero-order valence-corrected chi connectivity index (χ0v) is 16.7. The third-order valence-electron chi connectivity index (χ3n) is 5.21. The van der Waals surface area contributed by atoms with E-state index >= 15 is 0 Å². The number of hydrogen-bond acceptors (Lipinski definition) is 4. The molecule has 5 nitrogen and oxygen atoms in total. The van der Waals surface area contributed by atoms with Crippen molar-refractivity contribution in [1.29, 1.82) is 0 Å². The average Bonchev–Trinajstić information content (AvgIpc) is 3.23. The second-order valence-electron chi connectivity index (χ2n) is 7.06. The topological polar surface area (TPSA) is 58.6 Å². The van der Waals surface area contributed by atoms with Gasteiger partial charge in [0.1, 0.15) is 6.61 Å². The Morgan fingerprint density at radius 3 is 2.67 bits per heavy atom. The molecule has 1 atom stereocenters. The number of rotatable bonds is 6. The first-order valence-corrected chi connectivity index (χ1v) is 10.1. The van der Waals surface area contributed by atoms with Gasteiger partial charge in [0.15, 0.2) is 0 Å². The summed E-state index contributed by atoms with van der Waals surface area (Å²) in [7, 11) is 3.18. The molecule has 3 rings (SSSR count). The van der Waals surface area contributed by atoms with E-state index in [1.165, 1.54) is 17.6 Å². The maximum absolute atomic E-state index is 12.8. The lowest BCUT2D eigenvalue weighted by Gasteiger charge is -2.41. The van der Waals surface area contributed by atoms with Gasteiger partial charge in [0.05, 0.1) is 5.41 Å². The predicted molar refractivity (Wildman–Crippen MR) is 108 cm³/mol. The van der Waals surface area contributed by atoms with E-state index in [0.717, 1.165) is 18.4 Å². The lowest BCUT2D eigenvalue weighted by molar-refractivity contribution is -0.143. The highest BCUT2D eigenvalue weighted by molar-refractivity contribution is 7.13. The standard InChI is InChI=1S/C21H26N2O3S/c1-22-20(25)21(10-4-11-23(15-21)19(24)14-26-2)13-16-6-8-17(9-7-16)18-5-3-12-27-18/h3,5-9,12H,4,10-11,13-15H2,1-2H3,(H,22,25)/t21-/m0/s1. The highest BCUT2D eigenvalue weighted by Gasteiger charge is 2.42. The molecule has 0 radical (unpaired) electrons. The first kappa shape index (κ1) is 19.6. The molecule has 27 heavy (non-hydrogen) atoms. The lowest BCUT2D eigenvalue weighted by atomic mass is 9.74. The molecule has 0 unspecified atom stereocenters. The number of thiophene rings is 1. The summed E-state index contributed by atoms with van der Waals surface area (Å²) in [5.74, 6) is -0.0572. The molecule has 1 aliphatic heterocycles. The quantitative estimate of drug-likeness (QED) is 0.830. The van der Waals surface area contributed by atoms with Crippen LogP contribution in [0.2, 0.25) is 0 Å². The zero-order chi connectivity index (χ0) is 19.3. The number of carbonyl (C=O) groups excluding carboxylic acids is 2. The van der Waals surface area contributed by atoms with Gasteiger partial charge in [0, 0.05) is 32.1 Å². The Bertz CT molecular complexity index is 773. The smallest absolute Gasteiger partial charge is 0.248 e. The van der Waals surface area contributed by atoms with E-state index in [1.54, 1.807) is 23.3 Å². The van der Waals surface area contributed by atoms with Crippen LogP contribution in [0, 0.1) is 5.41 Å². The fourth-order valence-electron chi connectivity index (χ4n) is 3.85. The van der Waals surface area contributed by atoms with Crippen molar-refractivity contribution in [1.82, 2.24) is 10.2 Å². The Kier molecular flexibility index (Phi) is 6.29. The van der Waals surface area contributed by atoms with Crippen LogP contribution in [0.25, 0.3) is 10.4 Å². The van der Waals surface area contributed by atoms with Crippen LogP contribution in [0.4, 0.5) is 0 Å². The van der Waals surface area contributed by atoms with Crippen molar-refractivity contribution in [2.45, 2.75) is 19.3 Å². The Morgan fingerprint density at radius 2 is 2.04 bits per heavy atom. The average molecular weight is 387 g/mol. The van der Waals surface area contributed by atoms with Crippen molar-refractivity contribution < 1.29 is 14.3 Å². The van der Waals surface area contributed by atoms with E-state index in [4.69, 9.17) is 4.74 Å². The van der Waals surface area contributed by atoms with Gasteiger partial charge in [-0.1, -0.05) is 30.3 Å². The number of benzene rings is 1. The predicted octanol–water partition coefficient (Wildman–Crippen LogP) is 2.96. The summed E-state index contributed by atoms with van der Waals surface area (Å²) >= 11 is 1.71. The highest BCUT2D eigenvalue weighted by atomic mass is 32.1. The molecule has 6 heteroatoms. The van der Waals surface area contributed by atoms with Gasteiger partial charge in [-0.05, 0) is 41.8 Å². The molecule has 2 aromatic rings. The molecule has 1 aliphatic rings. The molecule has 0 saturated carbocycles. The monoisotopic (exact) mass is 386 g/mol. The van der Waals surface area contributed by atoms with Crippen LogP contribution in [-0.2, 0) is 20.7 Å². The summed E-state index contributed by atoms with van der Waals surface area (Å²) in [6, 6.07) is 12.5. The van der Waals surface area contributed by atoms with Gasteiger partial charge < -0.3 is 15.0 Å². The van der Waals surface area contributed by atoms with Crippen molar-refractivity contribution in [3.05, 3.63) is 47.3 Å². The maximum Gasteiger partial charge on any atom is 0.248 e.